The molecule has 0 aromatic heterocycles. The molecule has 0 bridgehead atoms. The zero-order valence-corrected chi connectivity index (χ0v) is 20.1. The molecule has 0 aliphatic rings. The Kier molecular flexibility index (Phi) is 11.8. The van der Waals surface area contributed by atoms with Crippen molar-refractivity contribution in [2.75, 3.05) is 0 Å². The summed E-state index contributed by atoms with van der Waals surface area (Å²) in [6.07, 6.45) is 6.26. The van der Waals surface area contributed by atoms with Crippen molar-refractivity contribution < 1.29 is 19.1 Å². The van der Waals surface area contributed by atoms with Crippen LogP contribution in [0.4, 0.5) is 0 Å². The molecule has 0 N–H and O–H groups in total. The summed E-state index contributed by atoms with van der Waals surface area (Å²) in [5.74, 6) is -0.412. The SMILES string of the molecule is CCCCC(OC(=O)c1ccc(CC)cc1C(=O)OC(CCCC)C(C)C)C(C)C. The van der Waals surface area contributed by atoms with Gasteiger partial charge in [-0.1, -0.05) is 80.2 Å². The van der Waals surface area contributed by atoms with E-state index >= 15 is 0 Å². The van der Waals surface area contributed by atoms with E-state index in [0.29, 0.717) is 11.1 Å². The quantitative estimate of drug-likeness (QED) is 0.324. The smallest absolute Gasteiger partial charge is 0.339 e. The van der Waals surface area contributed by atoms with Gasteiger partial charge in [0.2, 0.25) is 0 Å². The van der Waals surface area contributed by atoms with E-state index in [1.54, 1.807) is 12.1 Å². The molecule has 0 radical (unpaired) electrons. The minimum atomic E-state index is -0.436. The van der Waals surface area contributed by atoms with Gasteiger partial charge in [-0.2, -0.15) is 0 Å². The molecule has 0 saturated carbocycles. The van der Waals surface area contributed by atoms with Crippen molar-refractivity contribution in [3.63, 3.8) is 0 Å². The third kappa shape index (κ3) is 8.12. The van der Waals surface area contributed by atoms with Gasteiger partial charge in [-0.3, -0.25) is 0 Å². The number of esters is 2. The topological polar surface area (TPSA) is 52.6 Å². The average Bonchev–Trinajstić information content (AvgIpc) is 2.72. The number of carbonyl (C=O) groups is 2. The Morgan fingerprint density at radius 3 is 1.63 bits per heavy atom. The maximum absolute atomic E-state index is 13.1. The zero-order valence-electron chi connectivity index (χ0n) is 20.1. The first-order valence-electron chi connectivity index (χ1n) is 11.8. The van der Waals surface area contributed by atoms with E-state index < -0.39 is 11.9 Å². The first-order chi connectivity index (χ1) is 14.2. The highest BCUT2D eigenvalue weighted by atomic mass is 16.6. The minimum absolute atomic E-state index is 0.153. The van der Waals surface area contributed by atoms with Crippen LogP contribution in [-0.2, 0) is 15.9 Å². The molecule has 2 atom stereocenters. The van der Waals surface area contributed by atoms with Crippen LogP contribution in [0, 0.1) is 11.8 Å². The van der Waals surface area contributed by atoms with Crippen LogP contribution < -0.4 is 0 Å². The number of carbonyl (C=O) groups excluding carboxylic acids is 2. The monoisotopic (exact) mass is 418 g/mol. The lowest BCUT2D eigenvalue weighted by molar-refractivity contribution is 0.0107. The highest BCUT2D eigenvalue weighted by Gasteiger charge is 2.26. The molecule has 4 nitrogen and oxygen atoms in total. The number of benzene rings is 1. The van der Waals surface area contributed by atoms with E-state index in [-0.39, 0.29) is 24.0 Å². The Labute approximate surface area is 183 Å². The Morgan fingerprint density at radius 2 is 1.23 bits per heavy atom. The molecule has 30 heavy (non-hydrogen) atoms. The maximum Gasteiger partial charge on any atom is 0.339 e. The summed E-state index contributed by atoms with van der Waals surface area (Å²) in [6, 6.07) is 5.39. The molecular weight excluding hydrogens is 376 g/mol. The van der Waals surface area contributed by atoms with Crippen LogP contribution in [-0.4, -0.2) is 24.1 Å². The fraction of sp³-hybridized carbons (Fsp3) is 0.692. The van der Waals surface area contributed by atoms with Gasteiger partial charge in [0.1, 0.15) is 12.2 Å². The van der Waals surface area contributed by atoms with Crippen molar-refractivity contribution in [2.24, 2.45) is 11.8 Å². The van der Waals surface area contributed by atoms with Crippen molar-refractivity contribution >= 4 is 11.9 Å². The molecule has 4 heteroatoms. The average molecular weight is 419 g/mol. The van der Waals surface area contributed by atoms with Gasteiger partial charge in [0, 0.05) is 0 Å². The largest absolute Gasteiger partial charge is 0.458 e. The number of ether oxygens (including phenoxy) is 2. The fourth-order valence-electron chi connectivity index (χ4n) is 3.43. The van der Waals surface area contributed by atoms with Crippen molar-refractivity contribution in [2.45, 2.75) is 106 Å². The highest BCUT2D eigenvalue weighted by Crippen LogP contribution is 2.22. The summed E-state index contributed by atoms with van der Waals surface area (Å²) in [6.45, 7) is 14.5. The number of rotatable bonds is 13. The van der Waals surface area contributed by atoms with Gasteiger partial charge in [-0.05, 0) is 48.8 Å². The molecule has 0 aliphatic heterocycles. The van der Waals surface area contributed by atoms with Gasteiger partial charge in [-0.15, -0.1) is 0 Å². The second-order valence-corrected chi connectivity index (χ2v) is 8.89. The molecule has 1 aromatic rings. The summed E-state index contributed by atoms with van der Waals surface area (Å²) < 4.78 is 11.7. The second-order valence-electron chi connectivity index (χ2n) is 8.89. The van der Waals surface area contributed by atoms with Crippen LogP contribution in [0.1, 0.15) is 113 Å². The summed E-state index contributed by atoms with van der Waals surface area (Å²) in [5.41, 5.74) is 1.62. The third-order valence-electron chi connectivity index (χ3n) is 5.62. The van der Waals surface area contributed by atoms with Crippen LogP contribution in [0.25, 0.3) is 0 Å². The molecule has 0 aliphatic carbocycles. The molecule has 2 unspecified atom stereocenters. The molecule has 170 valence electrons. The van der Waals surface area contributed by atoms with E-state index in [2.05, 4.69) is 41.5 Å². The number of hydrogen-bond acceptors (Lipinski definition) is 4. The van der Waals surface area contributed by atoms with E-state index in [4.69, 9.17) is 9.47 Å². The predicted molar refractivity (Wildman–Crippen MR) is 123 cm³/mol. The predicted octanol–water partition coefficient (Wildman–Crippen LogP) is 6.99. The molecule has 0 spiro atoms. The molecule has 0 fully saturated rings. The van der Waals surface area contributed by atoms with Crippen LogP contribution in [0.3, 0.4) is 0 Å². The first kappa shape index (κ1) is 26.2. The Hall–Kier alpha value is -1.84. The van der Waals surface area contributed by atoms with Crippen molar-refractivity contribution in [1.82, 2.24) is 0 Å². The lowest BCUT2D eigenvalue weighted by Crippen LogP contribution is -2.27. The Bertz CT molecular complexity index is 663. The first-order valence-corrected chi connectivity index (χ1v) is 11.8. The van der Waals surface area contributed by atoms with Gasteiger partial charge in [0.05, 0.1) is 11.1 Å². The van der Waals surface area contributed by atoms with Crippen molar-refractivity contribution in [3.8, 4) is 0 Å². The van der Waals surface area contributed by atoms with Crippen LogP contribution in [0.5, 0.6) is 0 Å². The lowest BCUT2D eigenvalue weighted by atomic mass is 9.99. The van der Waals surface area contributed by atoms with Crippen LogP contribution in [0.15, 0.2) is 18.2 Å². The minimum Gasteiger partial charge on any atom is -0.458 e. The van der Waals surface area contributed by atoms with E-state index in [9.17, 15) is 9.59 Å². The van der Waals surface area contributed by atoms with Gasteiger partial charge in [0.25, 0.3) is 0 Å². The van der Waals surface area contributed by atoms with Crippen molar-refractivity contribution in [3.05, 3.63) is 34.9 Å². The summed E-state index contributed by atoms with van der Waals surface area (Å²) >= 11 is 0. The van der Waals surface area contributed by atoms with Crippen molar-refractivity contribution in [1.29, 1.82) is 0 Å². The van der Waals surface area contributed by atoms with E-state index in [1.165, 1.54) is 0 Å². The van der Waals surface area contributed by atoms with Gasteiger partial charge in [0.15, 0.2) is 0 Å². The lowest BCUT2D eigenvalue weighted by Gasteiger charge is -2.23. The summed E-state index contributed by atoms with van der Waals surface area (Å²) in [5, 5.41) is 0. The molecular formula is C26H42O4. The second kappa shape index (κ2) is 13.5. The molecule has 1 rings (SSSR count). The molecule has 0 heterocycles. The van der Waals surface area contributed by atoms with E-state index in [1.807, 2.05) is 13.0 Å². The van der Waals surface area contributed by atoms with Gasteiger partial charge >= 0.3 is 11.9 Å². The van der Waals surface area contributed by atoms with Crippen LogP contribution in [0.2, 0.25) is 0 Å². The maximum atomic E-state index is 13.1. The number of hydrogen-bond donors (Lipinski definition) is 0. The third-order valence-corrected chi connectivity index (χ3v) is 5.62. The fourth-order valence-corrected chi connectivity index (χ4v) is 3.43. The molecule has 0 saturated heterocycles. The number of unbranched alkanes of at least 4 members (excludes halogenated alkanes) is 2. The van der Waals surface area contributed by atoms with E-state index in [0.717, 1.165) is 50.5 Å². The number of aryl methyl sites for hydroxylation is 1. The summed E-state index contributed by atoms with van der Waals surface area (Å²) in [4.78, 5) is 26.1. The normalized spacial score (nSPS) is 13.4. The van der Waals surface area contributed by atoms with Crippen LogP contribution >= 0.6 is 0 Å². The van der Waals surface area contributed by atoms with Gasteiger partial charge in [-0.25, -0.2) is 9.59 Å². The molecule has 1 aromatic carbocycles. The standard InChI is InChI=1S/C26H42O4/c1-8-11-13-23(18(4)5)29-25(27)21-16-15-20(10-3)17-22(21)26(28)30-24(19(6)7)14-12-9-2/h15-19,23-24H,8-14H2,1-7H3. The Balaban J connectivity index is 3.13. The Morgan fingerprint density at radius 1 is 0.767 bits per heavy atom. The molecule has 0 amide bonds. The summed E-state index contributed by atoms with van der Waals surface area (Å²) in [7, 11) is 0. The van der Waals surface area contributed by atoms with Gasteiger partial charge < -0.3 is 9.47 Å². The highest BCUT2D eigenvalue weighted by molar-refractivity contribution is 6.03. The zero-order chi connectivity index (χ0) is 22.7.